The van der Waals surface area contributed by atoms with Crippen LogP contribution in [0.3, 0.4) is 0 Å². The number of carbonyl (C=O) groups is 1. The highest BCUT2D eigenvalue weighted by Crippen LogP contribution is 2.21. The summed E-state index contributed by atoms with van der Waals surface area (Å²) in [4.78, 5) is 28.3. The minimum atomic E-state index is -1.31. The van der Waals surface area contributed by atoms with E-state index in [1.54, 1.807) is 31.5 Å². The number of fused-ring (bicyclic) bond motifs is 1. The van der Waals surface area contributed by atoms with Crippen molar-refractivity contribution >= 4 is 34.6 Å². The fourth-order valence-corrected chi connectivity index (χ4v) is 2.13. The maximum atomic E-state index is 11.6. The fraction of sp³-hybridized carbons (Fsp3) is 0.250. The predicted octanol–water partition coefficient (Wildman–Crippen LogP) is 2.04. The van der Waals surface area contributed by atoms with E-state index in [0.29, 0.717) is 29.6 Å². The van der Waals surface area contributed by atoms with Gasteiger partial charge in [0.15, 0.2) is 0 Å². The summed E-state index contributed by atoms with van der Waals surface area (Å²) in [5, 5.41) is 17.3. The molecule has 1 heterocycles. The van der Waals surface area contributed by atoms with Crippen LogP contribution in [-0.4, -0.2) is 43.6 Å². The maximum Gasteiger partial charge on any atom is 0.351 e. The lowest BCUT2D eigenvalue weighted by atomic mass is 10.1. The largest absolute Gasteiger partial charge is 0.477 e. The molecule has 0 bridgehead atoms. The van der Waals surface area contributed by atoms with Crippen molar-refractivity contribution in [3.63, 3.8) is 0 Å². The number of anilines is 1. The number of rotatable bonds is 6. The minimum Gasteiger partial charge on any atom is -0.477 e. The van der Waals surface area contributed by atoms with Gasteiger partial charge >= 0.3 is 11.6 Å². The van der Waals surface area contributed by atoms with E-state index in [1.165, 1.54) is 6.07 Å². The summed E-state index contributed by atoms with van der Waals surface area (Å²) in [7, 11) is 3.48. The molecule has 0 aliphatic rings. The fourth-order valence-electron chi connectivity index (χ4n) is 2.13. The van der Waals surface area contributed by atoms with E-state index < -0.39 is 11.6 Å². The topological polar surface area (TPSA) is 107 Å². The number of aromatic carboxylic acids is 1. The summed E-state index contributed by atoms with van der Waals surface area (Å²) >= 11 is 0. The van der Waals surface area contributed by atoms with Gasteiger partial charge in [-0.15, -0.1) is 0 Å². The van der Waals surface area contributed by atoms with Gasteiger partial charge < -0.3 is 24.8 Å². The molecule has 0 fully saturated rings. The van der Waals surface area contributed by atoms with E-state index >= 15 is 0 Å². The molecule has 0 aliphatic carbocycles. The lowest BCUT2D eigenvalue weighted by Crippen LogP contribution is -2.25. The Balaban J connectivity index is 2.29. The number of hydrogen-bond acceptors (Lipinski definition) is 6. The Labute approximate surface area is 132 Å². The van der Waals surface area contributed by atoms with Crippen LogP contribution in [0.2, 0.25) is 0 Å². The molecule has 0 saturated heterocycles. The molecule has 0 unspecified atom stereocenters. The van der Waals surface area contributed by atoms with Gasteiger partial charge in [-0.2, -0.15) is 0 Å². The minimum absolute atomic E-state index is 0.311. The Morgan fingerprint density at radius 1 is 1.43 bits per heavy atom. The van der Waals surface area contributed by atoms with Crippen molar-refractivity contribution in [1.29, 1.82) is 5.41 Å². The van der Waals surface area contributed by atoms with Gasteiger partial charge in [-0.1, -0.05) is 0 Å². The summed E-state index contributed by atoms with van der Waals surface area (Å²) in [6, 6.07) is 6.43. The lowest BCUT2D eigenvalue weighted by Gasteiger charge is -2.19. The van der Waals surface area contributed by atoms with Crippen molar-refractivity contribution in [3.05, 3.63) is 40.2 Å². The molecule has 0 saturated carbocycles. The van der Waals surface area contributed by atoms with Gasteiger partial charge in [-0.3, -0.25) is 0 Å². The molecule has 23 heavy (non-hydrogen) atoms. The number of carboxylic acid groups (broad SMARTS) is 1. The lowest BCUT2D eigenvalue weighted by molar-refractivity contribution is 0.0692. The second-order valence-corrected chi connectivity index (χ2v) is 5.08. The van der Waals surface area contributed by atoms with Gasteiger partial charge in [0.25, 0.3) is 0 Å². The maximum absolute atomic E-state index is 11.6. The highest BCUT2D eigenvalue weighted by Gasteiger charge is 2.13. The zero-order valence-electron chi connectivity index (χ0n) is 12.9. The number of hydrogen-bond donors (Lipinski definition) is 2. The van der Waals surface area contributed by atoms with Crippen LogP contribution in [-0.2, 0) is 0 Å². The summed E-state index contributed by atoms with van der Waals surface area (Å²) < 4.78 is 5.08. The molecule has 2 rings (SSSR count). The van der Waals surface area contributed by atoms with Crippen LogP contribution < -0.4 is 10.5 Å². The van der Waals surface area contributed by atoms with Gasteiger partial charge in [-0.25, -0.2) is 9.59 Å². The Morgan fingerprint density at radius 2 is 2.17 bits per heavy atom. The van der Waals surface area contributed by atoms with Gasteiger partial charge in [0.1, 0.15) is 11.1 Å². The normalized spacial score (nSPS) is 11.0. The number of carboxylic acids is 1. The van der Waals surface area contributed by atoms with E-state index in [4.69, 9.17) is 14.9 Å². The summed E-state index contributed by atoms with van der Waals surface area (Å²) in [6.07, 6.45) is 2.15. The van der Waals surface area contributed by atoms with Crippen LogP contribution in [0.25, 0.3) is 11.0 Å². The molecule has 0 atom stereocenters. The first-order chi connectivity index (χ1) is 10.9. The Morgan fingerprint density at radius 3 is 2.83 bits per heavy atom. The van der Waals surface area contributed by atoms with E-state index in [2.05, 4.69) is 4.99 Å². The molecular weight excluding hydrogens is 298 g/mol. The van der Waals surface area contributed by atoms with Crippen molar-refractivity contribution in [1.82, 2.24) is 0 Å². The number of nitrogens with one attached hydrogen (secondary N) is 1. The number of benzene rings is 1. The summed E-state index contributed by atoms with van der Waals surface area (Å²) in [6.45, 7) is 0.412. The third-order valence-corrected chi connectivity index (χ3v) is 3.34. The van der Waals surface area contributed by atoms with Gasteiger partial charge in [0.05, 0.1) is 6.54 Å². The first kappa shape index (κ1) is 16.4. The smallest absolute Gasteiger partial charge is 0.351 e. The summed E-state index contributed by atoms with van der Waals surface area (Å²) in [5.74, 6) is -1.31. The van der Waals surface area contributed by atoms with Crippen LogP contribution in [0, 0.1) is 5.41 Å². The zero-order chi connectivity index (χ0) is 17.0. The molecule has 0 amide bonds. The van der Waals surface area contributed by atoms with Crippen LogP contribution in [0.5, 0.6) is 0 Å². The van der Waals surface area contributed by atoms with Gasteiger partial charge in [-0.05, 0) is 18.2 Å². The monoisotopic (exact) mass is 315 g/mol. The molecular formula is C16H17N3O4. The quantitative estimate of drug-likeness (QED) is 0.626. The number of aliphatic imine (C=N–C) groups is 1. The van der Waals surface area contributed by atoms with E-state index in [0.717, 1.165) is 5.69 Å². The van der Waals surface area contributed by atoms with E-state index in [1.807, 2.05) is 11.9 Å². The Hall–Kier alpha value is -2.96. The molecule has 0 spiro atoms. The standard InChI is InChI=1S/C16H17N3O4/c1-18-6-5-11(17)9-19(2)12-4-3-10-7-13(15(20)21)16(22)23-14(10)8-12/h3-4,6-8,17H,5,9H2,1-2H3,(H,20,21). The first-order valence-corrected chi connectivity index (χ1v) is 6.91. The van der Waals surface area contributed by atoms with Crippen LogP contribution in [0.15, 0.2) is 38.5 Å². The third-order valence-electron chi connectivity index (χ3n) is 3.34. The SMILES string of the molecule is CN=CCC(=N)CN(C)c1ccc2cc(C(=O)O)c(=O)oc2c1. The molecule has 2 N–H and O–H groups in total. The van der Waals surface area contributed by atoms with E-state index in [-0.39, 0.29) is 5.56 Å². The zero-order valence-corrected chi connectivity index (χ0v) is 12.9. The Kier molecular flexibility index (Phi) is 4.90. The predicted molar refractivity (Wildman–Crippen MR) is 89.5 cm³/mol. The molecule has 1 aromatic carbocycles. The Bertz CT molecular complexity index is 839. The second-order valence-electron chi connectivity index (χ2n) is 5.08. The van der Waals surface area contributed by atoms with Gasteiger partial charge in [0.2, 0.25) is 0 Å². The van der Waals surface area contributed by atoms with Crippen LogP contribution in [0.1, 0.15) is 16.8 Å². The highest BCUT2D eigenvalue weighted by molar-refractivity contribution is 5.96. The van der Waals surface area contributed by atoms with Crippen molar-refractivity contribution < 1.29 is 14.3 Å². The first-order valence-electron chi connectivity index (χ1n) is 6.91. The molecule has 7 heteroatoms. The van der Waals surface area contributed by atoms with Crippen molar-refractivity contribution in [2.24, 2.45) is 4.99 Å². The molecule has 2 aromatic rings. The second kappa shape index (κ2) is 6.87. The van der Waals surface area contributed by atoms with E-state index in [9.17, 15) is 9.59 Å². The molecule has 120 valence electrons. The van der Waals surface area contributed by atoms with Crippen LogP contribution >= 0.6 is 0 Å². The van der Waals surface area contributed by atoms with Crippen molar-refractivity contribution in [3.8, 4) is 0 Å². The average Bonchev–Trinajstić information content (AvgIpc) is 2.51. The van der Waals surface area contributed by atoms with Crippen molar-refractivity contribution in [2.45, 2.75) is 6.42 Å². The molecule has 7 nitrogen and oxygen atoms in total. The molecule has 0 radical (unpaired) electrons. The average molecular weight is 315 g/mol. The molecule has 1 aromatic heterocycles. The number of nitrogens with zero attached hydrogens (tertiary/aromatic N) is 2. The van der Waals surface area contributed by atoms with Crippen LogP contribution in [0.4, 0.5) is 5.69 Å². The van der Waals surface area contributed by atoms with Gasteiger partial charge in [0, 0.05) is 49.6 Å². The highest BCUT2D eigenvalue weighted by atomic mass is 16.4. The van der Waals surface area contributed by atoms with Crippen molar-refractivity contribution in [2.75, 3.05) is 25.5 Å². The summed E-state index contributed by atoms with van der Waals surface area (Å²) in [5.41, 5.74) is 0.310. The molecule has 0 aliphatic heterocycles. The third kappa shape index (κ3) is 3.82.